The molecule has 0 spiro atoms. The summed E-state index contributed by atoms with van der Waals surface area (Å²) in [6.45, 7) is 3.80. The van der Waals surface area contributed by atoms with Crippen LogP contribution >= 0.6 is 11.6 Å². The number of nitrogens with one attached hydrogen (secondary N) is 1. The summed E-state index contributed by atoms with van der Waals surface area (Å²) in [5, 5.41) is 5.86. The van der Waals surface area contributed by atoms with Crippen LogP contribution in [0.4, 0.5) is 5.82 Å². The van der Waals surface area contributed by atoms with E-state index in [4.69, 9.17) is 17.3 Å². The van der Waals surface area contributed by atoms with E-state index in [1.807, 2.05) is 43.5 Å². The normalized spacial score (nSPS) is 11.1. The first-order valence-corrected chi connectivity index (χ1v) is 10.0. The van der Waals surface area contributed by atoms with Crippen molar-refractivity contribution in [1.29, 1.82) is 0 Å². The van der Waals surface area contributed by atoms with Crippen molar-refractivity contribution in [3.05, 3.63) is 98.8 Å². The molecule has 7 heteroatoms. The fourth-order valence-corrected chi connectivity index (χ4v) is 3.57. The molecular weight excluding hydrogens is 398 g/mol. The van der Waals surface area contributed by atoms with Gasteiger partial charge in [-0.3, -0.25) is 9.78 Å². The number of halogens is 1. The molecule has 152 valence electrons. The molecule has 3 heterocycles. The predicted molar refractivity (Wildman–Crippen MR) is 120 cm³/mol. The van der Waals surface area contributed by atoms with Gasteiger partial charge in [0.25, 0.3) is 5.56 Å². The summed E-state index contributed by atoms with van der Waals surface area (Å²) in [6.07, 6.45) is 5.40. The Bertz CT molecular complexity index is 1270. The summed E-state index contributed by atoms with van der Waals surface area (Å²) in [5.74, 6) is 0.529. The Morgan fingerprint density at radius 1 is 1.07 bits per heavy atom. The highest BCUT2D eigenvalue weighted by Crippen LogP contribution is 2.18. The SMILES string of the molecule is Cc1cc(N)ncc1CNCc1ccnc(Cn2cc3cc(Cl)ccc3cc2=O)c1. The molecule has 0 aliphatic rings. The van der Waals surface area contributed by atoms with E-state index in [2.05, 4.69) is 15.3 Å². The minimum Gasteiger partial charge on any atom is -0.384 e. The van der Waals surface area contributed by atoms with Gasteiger partial charge >= 0.3 is 0 Å². The molecule has 0 unspecified atom stereocenters. The molecule has 3 N–H and O–H groups in total. The van der Waals surface area contributed by atoms with Gasteiger partial charge in [0.1, 0.15) is 5.82 Å². The zero-order valence-corrected chi connectivity index (χ0v) is 17.4. The van der Waals surface area contributed by atoms with Crippen molar-refractivity contribution in [2.45, 2.75) is 26.6 Å². The summed E-state index contributed by atoms with van der Waals surface area (Å²) in [4.78, 5) is 21.0. The van der Waals surface area contributed by atoms with E-state index < -0.39 is 0 Å². The third kappa shape index (κ3) is 4.67. The zero-order chi connectivity index (χ0) is 21.1. The summed E-state index contributed by atoms with van der Waals surface area (Å²) in [7, 11) is 0. The van der Waals surface area contributed by atoms with Crippen LogP contribution in [0.25, 0.3) is 10.8 Å². The number of nitrogen functional groups attached to an aromatic ring is 1. The lowest BCUT2D eigenvalue weighted by molar-refractivity contribution is 0.683. The quantitative estimate of drug-likeness (QED) is 0.498. The Morgan fingerprint density at radius 3 is 2.77 bits per heavy atom. The molecule has 3 aromatic heterocycles. The van der Waals surface area contributed by atoms with Gasteiger partial charge in [0, 0.05) is 42.8 Å². The molecule has 0 aliphatic heterocycles. The maximum absolute atomic E-state index is 12.5. The minimum atomic E-state index is -0.0681. The van der Waals surface area contributed by atoms with Crippen LogP contribution in [-0.2, 0) is 19.6 Å². The lowest BCUT2D eigenvalue weighted by Crippen LogP contribution is -2.20. The molecular formula is C23H22ClN5O. The second-order valence-electron chi connectivity index (χ2n) is 7.31. The molecule has 1 aromatic carbocycles. The third-order valence-electron chi connectivity index (χ3n) is 5.00. The molecule has 0 aliphatic carbocycles. The minimum absolute atomic E-state index is 0.0681. The van der Waals surface area contributed by atoms with Gasteiger partial charge in [-0.25, -0.2) is 4.98 Å². The molecule has 0 fully saturated rings. The number of aryl methyl sites for hydroxylation is 1. The molecule has 0 atom stereocenters. The van der Waals surface area contributed by atoms with Crippen LogP contribution in [0, 0.1) is 6.92 Å². The van der Waals surface area contributed by atoms with Crippen molar-refractivity contribution in [3.63, 3.8) is 0 Å². The van der Waals surface area contributed by atoms with Gasteiger partial charge in [0.15, 0.2) is 0 Å². The van der Waals surface area contributed by atoms with Crippen LogP contribution in [0.1, 0.15) is 22.4 Å². The van der Waals surface area contributed by atoms with Gasteiger partial charge in [-0.1, -0.05) is 17.7 Å². The molecule has 4 rings (SSSR count). The summed E-state index contributed by atoms with van der Waals surface area (Å²) in [6, 6.07) is 13.0. The zero-order valence-electron chi connectivity index (χ0n) is 16.6. The number of nitrogens with two attached hydrogens (primary N) is 1. The van der Waals surface area contributed by atoms with Gasteiger partial charge < -0.3 is 15.6 Å². The first-order chi connectivity index (χ1) is 14.5. The smallest absolute Gasteiger partial charge is 0.251 e. The van der Waals surface area contributed by atoms with Crippen LogP contribution < -0.4 is 16.6 Å². The van der Waals surface area contributed by atoms with Gasteiger partial charge in [-0.2, -0.15) is 0 Å². The second-order valence-corrected chi connectivity index (χ2v) is 7.74. The molecule has 0 saturated heterocycles. The van der Waals surface area contributed by atoms with Crippen molar-refractivity contribution in [1.82, 2.24) is 19.9 Å². The molecule has 0 amide bonds. The predicted octanol–water partition coefficient (Wildman–Crippen LogP) is 3.67. The van der Waals surface area contributed by atoms with Gasteiger partial charge in [-0.05, 0) is 64.7 Å². The van der Waals surface area contributed by atoms with Crippen LogP contribution in [-0.4, -0.2) is 14.5 Å². The molecule has 0 bridgehead atoms. The maximum Gasteiger partial charge on any atom is 0.251 e. The summed E-state index contributed by atoms with van der Waals surface area (Å²) in [5.41, 5.74) is 9.78. The summed E-state index contributed by atoms with van der Waals surface area (Å²) < 4.78 is 1.65. The number of benzene rings is 1. The second kappa shape index (κ2) is 8.65. The van der Waals surface area contributed by atoms with Crippen molar-refractivity contribution in [2.75, 3.05) is 5.73 Å². The Balaban J connectivity index is 1.46. The highest BCUT2D eigenvalue weighted by Gasteiger charge is 2.05. The first-order valence-electron chi connectivity index (χ1n) is 9.63. The standard InChI is InChI=1S/C23H22ClN5O/c1-15-6-22(25)28-12-19(15)11-26-10-16-4-5-27-21(7-16)14-29-13-18-8-20(24)3-2-17(18)9-23(29)30/h2-9,12-13,26H,10-11,14H2,1H3,(H2,25,28). The Morgan fingerprint density at radius 2 is 1.93 bits per heavy atom. The van der Waals surface area contributed by atoms with Gasteiger partial charge in [0.05, 0.1) is 12.2 Å². The number of rotatable bonds is 6. The number of aromatic nitrogens is 3. The molecule has 0 radical (unpaired) electrons. The number of nitrogens with zero attached hydrogens (tertiary/aromatic N) is 3. The maximum atomic E-state index is 12.5. The Labute approximate surface area is 179 Å². The first kappa shape index (κ1) is 20.1. The van der Waals surface area contributed by atoms with E-state index in [9.17, 15) is 4.79 Å². The molecule has 4 aromatic rings. The summed E-state index contributed by atoms with van der Waals surface area (Å²) >= 11 is 6.09. The molecule has 6 nitrogen and oxygen atoms in total. The average Bonchev–Trinajstić information content (AvgIpc) is 2.71. The van der Waals surface area contributed by atoms with Crippen molar-refractivity contribution < 1.29 is 0 Å². The highest BCUT2D eigenvalue weighted by molar-refractivity contribution is 6.31. The lowest BCUT2D eigenvalue weighted by Gasteiger charge is -2.10. The van der Waals surface area contributed by atoms with Gasteiger partial charge in [0.2, 0.25) is 0 Å². The van der Waals surface area contributed by atoms with Gasteiger partial charge in [-0.15, -0.1) is 0 Å². The van der Waals surface area contributed by atoms with Crippen molar-refractivity contribution >= 4 is 28.2 Å². The number of anilines is 1. The topological polar surface area (TPSA) is 85.8 Å². The van der Waals surface area contributed by atoms with E-state index in [1.54, 1.807) is 29.1 Å². The van der Waals surface area contributed by atoms with E-state index in [0.29, 0.717) is 30.5 Å². The third-order valence-corrected chi connectivity index (χ3v) is 5.24. The number of hydrogen-bond acceptors (Lipinski definition) is 5. The fraction of sp³-hybridized carbons (Fsp3) is 0.174. The Hall–Kier alpha value is -3.22. The van der Waals surface area contributed by atoms with E-state index in [1.165, 1.54) is 0 Å². The number of hydrogen-bond donors (Lipinski definition) is 2. The Kier molecular flexibility index (Phi) is 5.79. The molecule has 30 heavy (non-hydrogen) atoms. The lowest BCUT2D eigenvalue weighted by atomic mass is 10.1. The van der Waals surface area contributed by atoms with Crippen LogP contribution in [0.3, 0.4) is 0 Å². The van der Waals surface area contributed by atoms with Crippen LogP contribution in [0.15, 0.2) is 65.8 Å². The van der Waals surface area contributed by atoms with Crippen molar-refractivity contribution in [3.8, 4) is 0 Å². The van der Waals surface area contributed by atoms with Crippen LogP contribution in [0.5, 0.6) is 0 Å². The largest absolute Gasteiger partial charge is 0.384 e. The average molecular weight is 420 g/mol. The van der Waals surface area contributed by atoms with E-state index >= 15 is 0 Å². The highest BCUT2D eigenvalue weighted by atomic mass is 35.5. The monoisotopic (exact) mass is 419 g/mol. The number of fused-ring (bicyclic) bond motifs is 1. The van der Waals surface area contributed by atoms with Crippen molar-refractivity contribution in [2.24, 2.45) is 0 Å². The fourth-order valence-electron chi connectivity index (χ4n) is 3.39. The van der Waals surface area contributed by atoms with E-state index in [-0.39, 0.29) is 5.56 Å². The van der Waals surface area contributed by atoms with Crippen LogP contribution in [0.2, 0.25) is 5.02 Å². The van der Waals surface area contributed by atoms with E-state index in [0.717, 1.165) is 33.2 Å². The number of pyridine rings is 3. The molecule has 0 saturated carbocycles.